The molecule has 36 heavy (non-hydrogen) atoms. The van der Waals surface area contributed by atoms with Crippen LogP contribution in [-0.2, 0) is 23.3 Å². The maximum Gasteiger partial charge on any atom is 0.416 e. The van der Waals surface area contributed by atoms with Crippen molar-refractivity contribution in [2.75, 3.05) is 7.11 Å². The van der Waals surface area contributed by atoms with E-state index in [9.17, 15) is 22.4 Å². The van der Waals surface area contributed by atoms with Crippen LogP contribution in [0, 0.1) is 5.82 Å². The van der Waals surface area contributed by atoms with E-state index < -0.39 is 23.5 Å². The van der Waals surface area contributed by atoms with Crippen molar-refractivity contribution in [2.45, 2.75) is 23.6 Å². The zero-order valence-electron chi connectivity index (χ0n) is 18.7. The second-order valence-electron chi connectivity index (χ2n) is 7.64. The van der Waals surface area contributed by atoms with Gasteiger partial charge in [-0.05, 0) is 47.5 Å². The first kappa shape index (κ1) is 25.8. The Labute approximate surface area is 213 Å². The largest absolute Gasteiger partial charge is 0.487 e. The average Bonchev–Trinajstić information content (AvgIpc) is 2.85. The van der Waals surface area contributed by atoms with E-state index in [0.29, 0.717) is 16.5 Å². The van der Waals surface area contributed by atoms with Gasteiger partial charge in [-0.3, -0.25) is 0 Å². The van der Waals surface area contributed by atoms with Crippen LogP contribution in [0.4, 0.5) is 17.6 Å². The third kappa shape index (κ3) is 5.74. The number of benzene rings is 3. The van der Waals surface area contributed by atoms with E-state index in [2.05, 4.69) is 4.98 Å². The van der Waals surface area contributed by atoms with Crippen molar-refractivity contribution in [3.05, 3.63) is 99.8 Å². The van der Waals surface area contributed by atoms with Gasteiger partial charge in [-0.15, -0.1) is 11.8 Å². The number of nitrogens with zero attached hydrogens (tertiary/aromatic N) is 1. The molecule has 0 spiro atoms. The van der Waals surface area contributed by atoms with Crippen LogP contribution < -0.4 is 4.74 Å². The van der Waals surface area contributed by atoms with Gasteiger partial charge in [0, 0.05) is 16.2 Å². The summed E-state index contributed by atoms with van der Waals surface area (Å²) < 4.78 is 63.8. The first-order chi connectivity index (χ1) is 17.2. The molecule has 0 bridgehead atoms. The molecule has 0 N–H and O–H groups in total. The number of thioether (sulfide) groups is 1. The molecule has 0 amide bonds. The number of carbonyl (C=O) groups excluding carboxylic acids is 1. The van der Waals surface area contributed by atoms with Gasteiger partial charge in [-0.1, -0.05) is 41.9 Å². The number of para-hydroxylation sites is 1. The Morgan fingerprint density at radius 3 is 2.56 bits per heavy atom. The summed E-state index contributed by atoms with van der Waals surface area (Å²) in [6, 6.07) is 15.7. The van der Waals surface area contributed by atoms with Gasteiger partial charge in [-0.25, -0.2) is 14.2 Å². The lowest BCUT2D eigenvalue weighted by Crippen LogP contribution is -2.10. The number of pyridine rings is 1. The molecule has 0 saturated heterocycles. The minimum absolute atomic E-state index is 0.0337. The molecule has 0 aliphatic rings. The molecule has 0 unspecified atom stereocenters. The number of esters is 1. The van der Waals surface area contributed by atoms with Crippen LogP contribution in [0.25, 0.3) is 10.9 Å². The molecule has 3 aromatic carbocycles. The van der Waals surface area contributed by atoms with Gasteiger partial charge >= 0.3 is 12.1 Å². The van der Waals surface area contributed by atoms with E-state index >= 15 is 0 Å². The van der Waals surface area contributed by atoms with Crippen LogP contribution in [0.2, 0.25) is 5.02 Å². The predicted octanol–water partition coefficient (Wildman–Crippen LogP) is 7.70. The SMILES string of the molecule is COC(=O)c1c(SCc2ccc(F)cc2Cl)nc2ccccc2c1OCc1cccc(C(F)(F)F)c1. The Kier molecular flexibility index (Phi) is 7.70. The van der Waals surface area contributed by atoms with E-state index in [1.807, 2.05) is 0 Å². The Balaban J connectivity index is 1.74. The zero-order valence-corrected chi connectivity index (χ0v) is 20.3. The summed E-state index contributed by atoms with van der Waals surface area (Å²) >= 11 is 7.32. The fourth-order valence-electron chi connectivity index (χ4n) is 3.47. The van der Waals surface area contributed by atoms with Crippen molar-refractivity contribution >= 4 is 40.2 Å². The molecule has 0 fully saturated rings. The maximum absolute atomic E-state index is 13.4. The quantitative estimate of drug-likeness (QED) is 0.138. The topological polar surface area (TPSA) is 48.4 Å². The van der Waals surface area contributed by atoms with E-state index in [1.165, 1.54) is 49.2 Å². The minimum atomic E-state index is -4.50. The summed E-state index contributed by atoms with van der Waals surface area (Å²) in [5, 5.41) is 0.998. The van der Waals surface area contributed by atoms with Crippen molar-refractivity contribution in [2.24, 2.45) is 0 Å². The van der Waals surface area contributed by atoms with Crippen LogP contribution in [0.1, 0.15) is 27.0 Å². The number of aromatic nitrogens is 1. The Bertz CT molecular complexity index is 1430. The van der Waals surface area contributed by atoms with Gasteiger partial charge in [0.2, 0.25) is 0 Å². The number of methoxy groups -OCH3 is 1. The Morgan fingerprint density at radius 1 is 1.06 bits per heavy atom. The van der Waals surface area contributed by atoms with Gasteiger partial charge in [-0.2, -0.15) is 13.2 Å². The Hall–Kier alpha value is -3.30. The molecule has 0 aliphatic heterocycles. The van der Waals surface area contributed by atoms with E-state index in [-0.39, 0.29) is 39.3 Å². The number of fused-ring (bicyclic) bond motifs is 1. The minimum Gasteiger partial charge on any atom is -0.487 e. The van der Waals surface area contributed by atoms with Crippen LogP contribution in [0.5, 0.6) is 5.75 Å². The third-order valence-electron chi connectivity index (χ3n) is 5.22. The number of hydrogen-bond donors (Lipinski definition) is 0. The lowest BCUT2D eigenvalue weighted by Gasteiger charge is -2.17. The van der Waals surface area contributed by atoms with Gasteiger partial charge in [0.15, 0.2) is 0 Å². The summed E-state index contributed by atoms with van der Waals surface area (Å²) in [6.45, 7) is -0.226. The summed E-state index contributed by atoms with van der Waals surface area (Å²) in [4.78, 5) is 17.4. The summed E-state index contributed by atoms with van der Waals surface area (Å²) in [5.74, 6) is -0.794. The monoisotopic (exact) mass is 535 g/mol. The lowest BCUT2D eigenvalue weighted by molar-refractivity contribution is -0.137. The third-order valence-corrected chi connectivity index (χ3v) is 6.59. The molecular formula is C26H18ClF4NO3S. The maximum atomic E-state index is 13.4. The van der Waals surface area contributed by atoms with Gasteiger partial charge in [0.25, 0.3) is 0 Å². The van der Waals surface area contributed by atoms with E-state index in [0.717, 1.165) is 12.1 Å². The lowest BCUT2D eigenvalue weighted by atomic mass is 10.1. The highest BCUT2D eigenvalue weighted by molar-refractivity contribution is 7.98. The van der Waals surface area contributed by atoms with Crippen molar-refractivity contribution in [3.8, 4) is 5.75 Å². The van der Waals surface area contributed by atoms with Crippen molar-refractivity contribution in [1.82, 2.24) is 4.98 Å². The number of alkyl halides is 3. The molecule has 4 aromatic rings. The number of carbonyl (C=O) groups is 1. The molecule has 4 rings (SSSR count). The fraction of sp³-hybridized carbons (Fsp3) is 0.154. The molecule has 1 heterocycles. The zero-order chi connectivity index (χ0) is 25.9. The Morgan fingerprint density at radius 2 is 1.83 bits per heavy atom. The first-order valence-electron chi connectivity index (χ1n) is 10.5. The molecule has 0 atom stereocenters. The normalized spacial score (nSPS) is 11.5. The average molecular weight is 536 g/mol. The molecular weight excluding hydrogens is 518 g/mol. The number of rotatable bonds is 7. The number of hydrogen-bond acceptors (Lipinski definition) is 5. The molecule has 0 aliphatic carbocycles. The van der Waals surface area contributed by atoms with Crippen LogP contribution in [0.15, 0.2) is 71.8 Å². The molecule has 4 nitrogen and oxygen atoms in total. The fourth-order valence-corrected chi connectivity index (χ4v) is 4.81. The predicted molar refractivity (Wildman–Crippen MR) is 130 cm³/mol. The number of ether oxygens (including phenoxy) is 2. The van der Waals surface area contributed by atoms with Gasteiger partial charge < -0.3 is 9.47 Å². The standard InChI is InChI=1S/C26H18ClF4NO3S/c1-34-25(33)22-23(35-13-15-5-4-6-17(11-15)26(29,30)31)19-7-2-3-8-21(19)32-24(22)36-14-16-9-10-18(28)12-20(16)27/h2-12H,13-14H2,1H3. The van der Waals surface area contributed by atoms with Crippen molar-refractivity contribution in [3.63, 3.8) is 0 Å². The van der Waals surface area contributed by atoms with E-state index in [1.54, 1.807) is 24.3 Å². The highest BCUT2D eigenvalue weighted by Gasteiger charge is 2.30. The molecule has 10 heteroatoms. The second-order valence-corrected chi connectivity index (χ2v) is 9.01. The van der Waals surface area contributed by atoms with Crippen LogP contribution in [-0.4, -0.2) is 18.1 Å². The van der Waals surface area contributed by atoms with Gasteiger partial charge in [0.1, 0.15) is 28.8 Å². The summed E-state index contributed by atoms with van der Waals surface area (Å²) in [5.41, 5.74) is 0.640. The molecule has 0 radical (unpaired) electrons. The molecule has 0 saturated carbocycles. The highest BCUT2D eigenvalue weighted by atomic mass is 35.5. The van der Waals surface area contributed by atoms with E-state index in [4.69, 9.17) is 21.1 Å². The number of halogens is 5. The summed E-state index contributed by atoms with van der Waals surface area (Å²) in [6.07, 6.45) is -4.50. The van der Waals surface area contributed by atoms with Crippen molar-refractivity contribution in [1.29, 1.82) is 0 Å². The highest BCUT2D eigenvalue weighted by Crippen LogP contribution is 2.38. The molecule has 1 aromatic heterocycles. The smallest absolute Gasteiger partial charge is 0.416 e. The van der Waals surface area contributed by atoms with Crippen molar-refractivity contribution < 1.29 is 31.8 Å². The molecule has 186 valence electrons. The van der Waals surface area contributed by atoms with Crippen LogP contribution in [0.3, 0.4) is 0 Å². The van der Waals surface area contributed by atoms with Gasteiger partial charge in [0.05, 0.1) is 18.2 Å². The van der Waals surface area contributed by atoms with Crippen LogP contribution >= 0.6 is 23.4 Å². The summed E-state index contributed by atoms with van der Waals surface area (Å²) in [7, 11) is 1.21. The first-order valence-corrected chi connectivity index (χ1v) is 11.9. The second kappa shape index (κ2) is 10.8.